The summed E-state index contributed by atoms with van der Waals surface area (Å²) in [4.78, 5) is 11.6. The first-order valence-electron chi connectivity index (χ1n) is 10.7. The van der Waals surface area contributed by atoms with Gasteiger partial charge in [-0.25, -0.2) is 0 Å². The summed E-state index contributed by atoms with van der Waals surface area (Å²) in [5.41, 5.74) is 0. The van der Waals surface area contributed by atoms with Gasteiger partial charge in [0.15, 0.2) is 0 Å². The van der Waals surface area contributed by atoms with Gasteiger partial charge in [-0.15, -0.1) is 0 Å². The van der Waals surface area contributed by atoms with Crippen molar-refractivity contribution in [1.29, 1.82) is 0 Å². The van der Waals surface area contributed by atoms with Crippen LogP contribution in [-0.4, -0.2) is 13.2 Å². The van der Waals surface area contributed by atoms with Crippen molar-refractivity contribution in [1.82, 2.24) is 0 Å². The van der Waals surface area contributed by atoms with Crippen molar-refractivity contribution in [3.8, 4) is 0 Å². The van der Waals surface area contributed by atoms with Crippen LogP contribution in [0.3, 0.4) is 0 Å². The summed E-state index contributed by atoms with van der Waals surface area (Å²) in [7, 11) is -4.08. The molecule has 0 saturated carbocycles. The van der Waals surface area contributed by atoms with Crippen LogP contribution in [0.25, 0.3) is 0 Å². The zero-order valence-electron chi connectivity index (χ0n) is 17.8. The van der Waals surface area contributed by atoms with Crippen LogP contribution in [0.1, 0.15) is 117 Å². The molecule has 1 atom stereocenters. The van der Waals surface area contributed by atoms with Gasteiger partial charge in [0.05, 0.1) is 13.2 Å². The average molecular weight is 401 g/mol. The van der Waals surface area contributed by atoms with E-state index in [1.807, 2.05) is 0 Å². The molecule has 0 rings (SSSR count). The molecule has 0 fully saturated rings. The molecule has 0 aliphatic carbocycles. The number of hydrogen-bond donors (Lipinski definition) is 0. The summed E-state index contributed by atoms with van der Waals surface area (Å²) in [5.74, 6) is 0. The molecule has 0 amide bonds. The average Bonchev–Trinajstić information content (AvgIpc) is 2.59. The zero-order valence-corrected chi connectivity index (χ0v) is 20.7. The fourth-order valence-electron chi connectivity index (χ4n) is 2.86. The minimum absolute atomic E-state index is 0. The van der Waals surface area contributed by atoms with Crippen LogP contribution in [0.15, 0.2) is 0 Å². The van der Waals surface area contributed by atoms with Gasteiger partial charge in [-0.2, -0.15) is 0 Å². The molecular weight excluding hydrogens is 358 g/mol. The molecule has 152 valence electrons. The van der Waals surface area contributed by atoms with Crippen molar-refractivity contribution >= 4 is 7.82 Å². The van der Waals surface area contributed by atoms with Gasteiger partial charge in [0.1, 0.15) is 0 Å². The fraction of sp³-hybridized carbons (Fsp3) is 1.00. The van der Waals surface area contributed by atoms with E-state index in [9.17, 15) is 9.46 Å². The topological polar surface area (TPSA) is 58.6 Å². The molecule has 0 saturated heterocycles. The predicted molar refractivity (Wildman–Crippen MR) is 105 cm³/mol. The van der Waals surface area contributed by atoms with Gasteiger partial charge >= 0.3 is 29.6 Å². The summed E-state index contributed by atoms with van der Waals surface area (Å²) in [6, 6.07) is 0. The molecule has 0 aromatic rings. The second kappa shape index (κ2) is 22.4. The van der Waals surface area contributed by atoms with E-state index in [-0.39, 0.29) is 42.8 Å². The van der Waals surface area contributed by atoms with Crippen molar-refractivity contribution in [2.75, 3.05) is 13.2 Å². The molecule has 0 aromatic heterocycles. The van der Waals surface area contributed by atoms with Crippen LogP contribution in [-0.2, 0) is 13.6 Å². The Hall–Kier alpha value is 1.11. The maximum Gasteiger partial charge on any atom is 1.00 e. The molecule has 0 radical (unpaired) electrons. The fourth-order valence-corrected chi connectivity index (χ4v) is 3.64. The Morgan fingerprint density at radius 3 is 1.15 bits per heavy atom. The number of unbranched alkanes of at least 4 members (excludes halogenated alkanes) is 14. The Labute approximate surface area is 185 Å². The third kappa shape index (κ3) is 23.1. The van der Waals surface area contributed by atoms with Crippen LogP contribution >= 0.6 is 7.82 Å². The number of phosphoric acid groups is 1. The second-order valence-corrected chi connectivity index (χ2v) is 8.47. The van der Waals surface area contributed by atoms with E-state index in [1.165, 1.54) is 70.6 Å². The maximum atomic E-state index is 11.6. The van der Waals surface area contributed by atoms with Gasteiger partial charge in [0.2, 0.25) is 0 Å². The van der Waals surface area contributed by atoms with Crippen LogP contribution in [0.2, 0.25) is 0 Å². The molecule has 6 heteroatoms. The van der Waals surface area contributed by atoms with E-state index in [2.05, 4.69) is 13.8 Å². The number of phosphoric ester groups is 1. The Morgan fingerprint density at radius 2 is 0.846 bits per heavy atom. The van der Waals surface area contributed by atoms with E-state index in [1.54, 1.807) is 0 Å². The van der Waals surface area contributed by atoms with Crippen molar-refractivity contribution in [3.05, 3.63) is 0 Å². The number of hydrogen-bond acceptors (Lipinski definition) is 4. The van der Waals surface area contributed by atoms with Gasteiger partial charge in [0, 0.05) is 0 Å². The van der Waals surface area contributed by atoms with E-state index in [0.717, 1.165) is 32.1 Å². The van der Waals surface area contributed by atoms with Gasteiger partial charge in [-0.1, -0.05) is 104 Å². The van der Waals surface area contributed by atoms with E-state index >= 15 is 0 Å². The molecule has 26 heavy (non-hydrogen) atoms. The molecule has 1 unspecified atom stereocenters. The van der Waals surface area contributed by atoms with E-state index < -0.39 is 7.82 Å². The standard InChI is InChI=1S/C20H43O4P.Na/c1-3-5-7-9-11-12-13-14-16-18-20-24-25(21,22)23-19-17-15-10-8-6-4-2;/h3-20H2,1-2H3,(H,21,22);/q;+1/p-1. The largest absolute Gasteiger partial charge is 1.00 e. The van der Waals surface area contributed by atoms with Crippen molar-refractivity contribution in [2.24, 2.45) is 0 Å². The minimum atomic E-state index is -4.08. The van der Waals surface area contributed by atoms with Crippen LogP contribution in [0.4, 0.5) is 0 Å². The maximum absolute atomic E-state index is 11.6. The Balaban J connectivity index is 0. The molecule has 0 spiro atoms. The SMILES string of the molecule is CCCCCCCCCCCCOP(=O)([O-])OCCCCCCCC.[Na+]. The molecular formula is C20H42NaO4P. The van der Waals surface area contributed by atoms with E-state index in [0.29, 0.717) is 0 Å². The first-order valence-corrected chi connectivity index (χ1v) is 12.2. The molecule has 0 heterocycles. The molecule has 0 N–H and O–H groups in total. The van der Waals surface area contributed by atoms with Crippen LogP contribution < -0.4 is 34.5 Å². The molecule has 0 aromatic carbocycles. The van der Waals surface area contributed by atoms with Gasteiger partial charge < -0.3 is 13.9 Å². The van der Waals surface area contributed by atoms with Crippen LogP contribution in [0, 0.1) is 0 Å². The quantitative estimate of drug-likeness (QED) is 0.177. The summed E-state index contributed by atoms with van der Waals surface area (Å²) in [5, 5.41) is 0. The normalized spacial score (nSPS) is 13.3. The second-order valence-electron chi connectivity index (χ2n) is 7.06. The van der Waals surface area contributed by atoms with Crippen molar-refractivity contribution in [3.63, 3.8) is 0 Å². The summed E-state index contributed by atoms with van der Waals surface area (Å²) < 4.78 is 21.4. The third-order valence-electron chi connectivity index (χ3n) is 4.49. The minimum Gasteiger partial charge on any atom is -0.756 e. The first kappa shape index (κ1) is 29.3. The molecule has 0 aliphatic heterocycles. The van der Waals surface area contributed by atoms with Gasteiger partial charge in [-0.3, -0.25) is 4.57 Å². The summed E-state index contributed by atoms with van der Waals surface area (Å²) in [6.07, 6.45) is 18.9. The van der Waals surface area contributed by atoms with Crippen LogP contribution in [0.5, 0.6) is 0 Å². The molecule has 0 aliphatic rings. The zero-order chi connectivity index (χ0) is 18.6. The molecule has 0 bridgehead atoms. The summed E-state index contributed by atoms with van der Waals surface area (Å²) >= 11 is 0. The molecule has 4 nitrogen and oxygen atoms in total. The third-order valence-corrected chi connectivity index (χ3v) is 5.49. The van der Waals surface area contributed by atoms with E-state index in [4.69, 9.17) is 9.05 Å². The smallest absolute Gasteiger partial charge is 0.756 e. The summed E-state index contributed by atoms with van der Waals surface area (Å²) in [6.45, 7) is 4.93. The predicted octanol–water partition coefficient (Wildman–Crippen LogP) is 3.77. The van der Waals surface area contributed by atoms with Crippen molar-refractivity contribution in [2.45, 2.75) is 117 Å². The van der Waals surface area contributed by atoms with Gasteiger partial charge in [-0.05, 0) is 12.8 Å². The number of rotatable bonds is 20. The Kier molecular flexibility index (Phi) is 25.3. The van der Waals surface area contributed by atoms with Crippen molar-refractivity contribution < 1.29 is 48.1 Å². The van der Waals surface area contributed by atoms with Gasteiger partial charge in [0.25, 0.3) is 7.82 Å². The Morgan fingerprint density at radius 1 is 0.577 bits per heavy atom. The monoisotopic (exact) mass is 400 g/mol. The Bertz CT molecular complexity index is 316. The first-order chi connectivity index (χ1) is 12.1.